The molecule has 9 heteroatoms. The van der Waals surface area contributed by atoms with E-state index in [1.165, 1.54) is 0 Å². The molecular formula is C37H38N2O7. The lowest BCUT2D eigenvalue weighted by Gasteiger charge is -2.47. The molecule has 1 N–H and O–H groups in total. The van der Waals surface area contributed by atoms with Gasteiger partial charge in [-0.2, -0.15) is 0 Å². The smallest absolute Gasteiger partial charge is 0.408 e. The Balaban J connectivity index is 1.10. The van der Waals surface area contributed by atoms with Gasteiger partial charge in [0, 0.05) is 17.6 Å². The number of esters is 2. The minimum Gasteiger partial charge on any atom is -0.457 e. The quantitative estimate of drug-likeness (QED) is 0.178. The Bertz CT molecular complexity index is 1620. The lowest BCUT2D eigenvalue weighted by atomic mass is 9.64. The van der Waals surface area contributed by atoms with Crippen molar-refractivity contribution in [3.8, 4) is 0 Å². The number of allylic oxidation sites excluding steroid dienone is 1. The summed E-state index contributed by atoms with van der Waals surface area (Å²) < 4.78 is 16.9. The van der Waals surface area contributed by atoms with Crippen LogP contribution in [0.4, 0.5) is 10.5 Å². The molecule has 4 atom stereocenters. The largest absolute Gasteiger partial charge is 0.457 e. The normalized spacial score (nSPS) is 24.3. The van der Waals surface area contributed by atoms with Crippen LogP contribution in [0.5, 0.6) is 0 Å². The summed E-state index contributed by atoms with van der Waals surface area (Å²) in [6.45, 7) is 4.38. The molecule has 2 fully saturated rings. The predicted molar refractivity (Wildman–Crippen MR) is 170 cm³/mol. The van der Waals surface area contributed by atoms with Crippen LogP contribution in [0.15, 0.2) is 97.1 Å². The minimum atomic E-state index is -1.01. The third kappa shape index (κ3) is 6.54. The number of ether oxygens (including phenoxy) is 3. The summed E-state index contributed by atoms with van der Waals surface area (Å²) in [4.78, 5) is 54.6. The molecule has 3 aliphatic carbocycles. The molecule has 0 radical (unpaired) electrons. The summed E-state index contributed by atoms with van der Waals surface area (Å²) in [6.07, 6.45) is 4.23. The van der Waals surface area contributed by atoms with Crippen molar-refractivity contribution in [3.05, 3.63) is 114 Å². The molecule has 0 aromatic heterocycles. The van der Waals surface area contributed by atoms with Gasteiger partial charge in [-0.3, -0.25) is 9.59 Å². The Hall–Kier alpha value is -4.92. The second-order valence-corrected chi connectivity index (χ2v) is 13.0. The van der Waals surface area contributed by atoms with Crippen molar-refractivity contribution < 1.29 is 33.4 Å². The van der Waals surface area contributed by atoms with Crippen molar-refractivity contribution in [1.82, 2.24) is 5.32 Å². The van der Waals surface area contributed by atoms with Gasteiger partial charge in [-0.1, -0.05) is 86.7 Å². The van der Waals surface area contributed by atoms with Gasteiger partial charge in [0.2, 0.25) is 0 Å². The van der Waals surface area contributed by atoms with Gasteiger partial charge in [0.15, 0.2) is 6.10 Å². The van der Waals surface area contributed by atoms with E-state index in [1.54, 1.807) is 29.2 Å². The number of hydrogen-bond acceptors (Lipinski definition) is 7. The number of nitrogens with one attached hydrogen (secondary N) is 1. The second kappa shape index (κ2) is 12.8. The van der Waals surface area contributed by atoms with E-state index in [2.05, 4.69) is 5.32 Å². The summed E-state index contributed by atoms with van der Waals surface area (Å²) in [5, 5.41) is 2.96. The average Bonchev–Trinajstić information content (AvgIpc) is 3.31. The van der Waals surface area contributed by atoms with E-state index < -0.39 is 41.0 Å². The van der Waals surface area contributed by atoms with E-state index in [0.29, 0.717) is 30.6 Å². The Morgan fingerprint density at radius 2 is 1.50 bits per heavy atom. The van der Waals surface area contributed by atoms with Gasteiger partial charge < -0.3 is 24.4 Å². The monoisotopic (exact) mass is 622 g/mol. The highest BCUT2D eigenvalue weighted by Crippen LogP contribution is 2.45. The zero-order valence-corrected chi connectivity index (χ0v) is 26.0. The van der Waals surface area contributed by atoms with Crippen molar-refractivity contribution in [3.63, 3.8) is 0 Å². The summed E-state index contributed by atoms with van der Waals surface area (Å²) in [6, 6.07) is 25.4. The molecule has 4 aliphatic rings. The number of anilines is 1. The van der Waals surface area contributed by atoms with Crippen LogP contribution in [0, 0.1) is 17.3 Å². The molecule has 0 spiro atoms. The first-order chi connectivity index (χ1) is 22.1. The van der Waals surface area contributed by atoms with Crippen LogP contribution in [0.2, 0.25) is 0 Å². The number of rotatable bonds is 9. The Kier molecular flexibility index (Phi) is 8.67. The van der Waals surface area contributed by atoms with Gasteiger partial charge in [-0.15, -0.1) is 0 Å². The maximum absolute atomic E-state index is 13.8. The molecule has 3 aromatic carbocycles. The topological polar surface area (TPSA) is 111 Å². The third-order valence-corrected chi connectivity index (χ3v) is 9.21. The molecule has 46 heavy (non-hydrogen) atoms. The molecule has 9 nitrogen and oxygen atoms in total. The lowest BCUT2D eigenvalue weighted by molar-refractivity contribution is -0.166. The van der Waals surface area contributed by atoms with E-state index in [1.807, 2.05) is 86.7 Å². The number of nitrogens with zero attached hydrogens (tertiary/aromatic N) is 1. The van der Waals surface area contributed by atoms with Crippen LogP contribution in [-0.4, -0.2) is 42.1 Å². The molecule has 0 unspecified atom stereocenters. The Labute approximate surface area is 268 Å². The maximum Gasteiger partial charge on any atom is 0.408 e. The molecule has 2 amide bonds. The molecule has 3 aromatic rings. The lowest BCUT2D eigenvalue weighted by Crippen LogP contribution is -2.60. The molecule has 1 saturated heterocycles. The fraction of sp³-hybridized carbons (Fsp3) is 0.351. The number of alkyl carbamates (subject to hydrolysis) is 1. The molecule has 238 valence electrons. The number of amides is 2. The van der Waals surface area contributed by atoms with E-state index in [9.17, 15) is 19.2 Å². The predicted octanol–water partition coefficient (Wildman–Crippen LogP) is 5.98. The van der Waals surface area contributed by atoms with Gasteiger partial charge >= 0.3 is 18.0 Å². The third-order valence-electron chi connectivity index (χ3n) is 9.21. The molecule has 7 rings (SSSR count). The van der Waals surface area contributed by atoms with Gasteiger partial charge in [-0.05, 0) is 60.6 Å². The van der Waals surface area contributed by atoms with Crippen molar-refractivity contribution in [2.45, 2.75) is 58.0 Å². The molecular weight excluding hydrogens is 584 g/mol. The zero-order valence-electron chi connectivity index (χ0n) is 26.0. The summed E-state index contributed by atoms with van der Waals surface area (Å²) >= 11 is 0. The second-order valence-electron chi connectivity index (χ2n) is 13.0. The molecule has 1 aliphatic heterocycles. The zero-order chi connectivity index (χ0) is 32.3. The van der Waals surface area contributed by atoms with Crippen molar-refractivity contribution in [2.75, 3.05) is 11.4 Å². The van der Waals surface area contributed by atoms with Gasteiger partial charge in [0.05, 0.1) is 17.0 Å². The van der Waals surface area contributed by atoms with E-state index in [-0.39, 0.29) is 25.0 Å². The van der Waals surface area contributed by atoms with Crippen molar-refractivity contribution in [1.29, 1.82) is 0 Å². The standard InChI is InChI=1S/C37H38N2O7/c1-36(2)24-39(29-15-13-28(14-16-29)33(41)44-22-26-9-5-3-6-10-26)32(40)31(36)46-34(42)30-21-25-17-19-37(30,20-18-25)38-35(43)45-23-27-11-7-4-8-12-27/h3-17,19,25,30-31H,18,20-24H2,1-2H3,(H,38,43)/t25-,30-,31+,37-/m1/s1. The van der Waals surface area contributed by atoms with Gasteiger partial charge in [0.1, 0.15) is 13.2 Å². The summed E-state index contributed by atoms with van der Waals surface area (Å²) in [7, 11) is 0. The van der Waals surface area contributed by atoms with Crippen LogP contribution >= 0.6 is 0 Å². The molecule has 2 bridgehead atoms. The molecule has 1 saturated carbocycles. The fourth-order valence-corrected chi connectivity index (χ4v) is 6.61. The van der Waals surface area contributed by atoms with Crippen LogP contribution < -0.4 is 10.2 Å². The number of carbonyl (C=O) groups excluding carboxylic acids is 4. The van der Waals surface area contributed by atoms with Crippen molar-refractivity contribution >= 4 is 29.6 Å². The maximum atomic E-state index is 13.8. The number of carbonyl (C=O) groups is 4. The van der Waals surface area contributed by atoms with E-state index in [0.717, 1.165) is 17.5 Å². The van der Waals surface area contributed by atoms with Crippen LogP contribution in [0.25, 0.3) is 0 Å². The first kappa shape index (κ1) is 31.1. The first-order valence-corrected chi connectivity index (χ1v) is 15.6. The van der Waals surface area contributed by atoms with Gasteiger partial charge in [0.25, 0.3) is 5.91 Å². The first-order valence-electron chi connectivity index (χ1n) is 15.6. The average molecular weight is 623 g/mol. The summed E-state index contributed by atoms with van der Waals surface area (Å²) in [5.41, 5.74) is 1.08. The van der Waals surface area contributed by atoms with Crippen molar-refractivity contribution in [2.24, 2.45) is 17.3 Å². The highest BCUT2D eigenvalue weighted by Gasteiger charge is 2.54. The van der Waals surface area contributed by atoms with Crippen LogP contribution in [0.3, 0.4) is 0 Å². The van der Waals surface area contributed by atoms with E-state index >= 15 is 0 Å². The molecule has 1 heterocycles. The minimum absolute atomic E-state index is 0.112. The summed E-state index contributed by atoms with van der Waals surface area (Å²) in [5.74, 6) is -1.76. The number of fused-ring (bicyclic) bond motifs is 2. The highest BCUT2D eigenvalue weighted by molar-refractivity contribution is 6.01. The fourth-order valence-electron chi connectivity index (χ4n) is 6.61. The highest BCUT2D eigenvalue weighted by atomic mass is 16.6. The van der Waals surface area contributed by atoms with Crippen LogP contribution in [-0.2, 0) is 37.0 Å². The number of hydrogen-bond donors (Lipinski definition) is 1. The van der Waals surface area contributed by atoms with E-state index in [4.69, 9.17) is 14.2 Å². The number of benzene rings is 3. The Morgan fingerprint density at radius 3 is 2.11 bits per heavy atom. The van der Waals surface area contributed by atoms with Gasteiger partial charge in [-0.25, -0.2) is 9.59 Å². The Morgan fingerprint density at radius 1 is 0.870 bits per heavy atom. The van der Waals surface area contributed by atoms with Crippen LogP contribution in [0.1, 0.15) is 54.6 Å². The SMILES string of the molecule is CC1(C)CN(c2ccc(C(=O)OCc3ccccc3)cc2)C(=O)[C@@H]1OC(=O)[C@H]1C[C@@H]2C=C[C@@]1(NC(=O)OCc1ccccc1)CC2.